The van der Waals surface area contributed by atoms with E-state index >= 15 is 0 Å². The molecule has 1 saturated heterocycles. The number of alkyl halides is 3. The van der Waals surface area contributed by atoms with Gasteiger partial charge in [-0.2, -0.15) is 17.5 Å². The molecule has 7 nitrogen and oxygen atoms in total. The van der Waals surface area contributed by atoms with Crippen LogP contribution in [0.2, 0.25) is 0 Å². The van der Waals surface area contributed by atoms with E-state index in [0.717, 1.165) is 11.7 Å². The smallest absolute Gasteiger partial charge is 0.274 e. The number of hydrogen-bond acceptors (Lipinski definition) is 4. The summed E-state index contributed by atoms with van der Waals surface area (Å²) < 4.78 is 67.3. The fourth-order valence-corrected chi connectivity index (χ4v) is 5.49. The van der Waals surface area contributed by atoms with Crippen molar-refractivity contribution in [2.24, 2.45) is 7.05 Å². The van der Waals surface area contributed by atoms with Crippen LogP contribution >= 0.6 is 15.9 Å². The van der Waals surface area contributed by atoms with Gasteiger partial charge < -0.3 is 0 Å². The van der Waals surface area contributed by atoms with Crippen LogP contribution in [0.15, 0.2) is 38.4 Å². The van der Waals surface area contributed by atoms with Gasteiger partial charge in [0.1, 0.15) is 0 Å². The van der Waals surface area contributed by atoms with Crippen LogP contribution in [0.4, 0.5) is 13.2 Å². The third-order valence-electron chi connectivity index (χ3n) is 4.48. The van der Waals surface area contributed by atoms with Gasteiger partial charge in [-0.3, -0.25) is 4.57 Å². The van der Waals surface area contributed by atoms with E-state index in [2.05, 4.69) is 21.0 Å². The number of rotatable bonds is 3. The third kappa shape index (κ3) is 3.69. The molecule has 1 aromatic heterocycles. The van der Waals surface area contributed by atoms with Gasteiger partial charge in [0.05, 0.1) is 10.9 Å². The number of hydrogen-bond donors (Lipinski definition) is 0. The van der Waals surface area contributed by atoms with Crippen LogP contribution in [0.3, 0.4) is 0 Å². The Balaban J connectivity index is 1.81. The van der Waals surface area contributed by atoms with E-state index in [1.54, 1.807) is 18.2 Å². The zero-order valence-electron chi connectivity index (χ0n) is 14.1. The van der Waals surface area contributed by atoms with Gasteiger partial charge in [0.15, 0.2) is 0 Å². The highest BCUT2D eigenvalue weighted by molar-refractivity contribution is 9.10. The summed E-state index contributed by atoms with van der Waals surface area (Å²) in [6, 6.07) is 5.80. The van der Waals surface area contributed by atoms with E-state index in [1.807, 2.05) is 0 Å². The topological polar surface area (TPSA) is 77.2 Å². The molecule has 12 heteroatoms. The lowest BCUT2D eigenvalue weighted by Crippen LogP contribution is -2.41. The van der Waals surface area contributed by atoms with Crippen molar-refractivity contribution in [2.75, 3.05) is 13.1 Å². The van der Waals surface area contributed by atoms with Crippen molar-refractivity contribution < 1.29 is 21.6 Å². The quantitative estimate of drug-likeness (QED) is 0.692. The van der Waals surface area contributed by atoms with Crippen LogP contribution in [0.25, 0.3) is 0 Å². The number of nitrogens with zero attached hydrogens (tertiary/aromatic N) is 4. The molecule has 148 valence electrons. The van der Waals surface area contributed by atoms with E-state index in [9.17, 15) is 26.4 Å². The van der Waals surface area contributed by atoms with Gasteiger partial charge >= 0.3 is 11.9 Å². The zero-order chi connectivity index (χ0) is 20.0. The van der Waals surface area contributed by atoms with Crippen LogP contribution in [0.5, 0.6) is 0 Å². The summed E-state index contributed by atoms with van der Waals surface area (Å²) in [5.41, 5.74) is -0.866. The van der Waals surface area contributed by atoms with E-state index in [1.165, 1.54) is 10.4 Å². The summed E-state index contributed by atoms with van der Waals surface area (Å²) in [5.74, 6) is -1.27. The van der Waals surface area contributed by atoms with Gasteiger partial charge in [0.25, 0.3) is 0 Å². The number of aromatic nitrogens is 3. The number of piperidine rings is 1. The van der Waals surface area contributed by atoms with E-state index in [0.29, 0.717) is 9.04 Å². The largest absolute Gasteiger partial charge is 0.451 e. The summed E-state index contributed by atoms with van der Waals surface area (Å²) in [4.78, 5) is 12.2. The van der Waals surface area contributed by atoms with Crippen molar-refractivity contribution in [1.29, 1.82) is 0 Å². The fraction of sp³-hybridized carbons (Fsp3) is 0.467. The second kappa shape index (κ2) is 7.06. The Hall–Kier alpha value is -1.66. The maximum atomic E-state index is 12.9. The van der Waals surface area contributed by atoms with Gasteiger partial charge in [-0.15, -0.1) is 5.10 Å². The predicted molar refractivity (Wildman–Crippen MR) is 93.6 cm³/mol. The van der Waals surface area contributed by atoms with Crippen LogP contribution in [0.1, 0.15) is 24.7 Å². The monoisotopic (exact) mass is 468 g/mol. The summed E-state index contributed by atoms with van der Waals surface area (Å²) in [7, 11) is -2.73. The van der Waals surface area contributed by atoms with Gasteiger partial charge in [0.2, 0.25) is 15.8 Å². The molecular formula is C15H16BrF3N4O3S. The molecule has 0 N–H and O–H groups in total. The molecule has 1 fully saturated rings. The Morgan fingerprint density at radius 3 is 2.30 bits per heavy atom. The molecule has 0 aliphatic carbocycles. The van der Waals surface area contributed by atoms with Gasteiger partial charge in [-0.25, -0.2) is 17.9 Å². The Labute approximate surface area is 161 Å². The van der Waals surface area contributed by atoms with Crippen molar-refractivity contribution in [3.8, 4) is 0 Å². The molecule has 1 aliphatic rings. The van der Waals surface area contributed by atoms with Gasteiger partial charge in [-0.05, 0) is 40.9 Å². The minimum atomic E-state index is -4.73. The molecule has 0 unspecified atom stereocenters. The second-order valence-corrected chi connectivity index (χ2v) is 8.93. The van der Waals surface area contributed by atoms with Crippen molar-refractivity contribution in [3.05, 3.63) is 45.0 Å². The first kappa shape index (κ1) is 20.1. The summed E-state index contributed by atoms with van der Waals surface area (Å²) in [5, 5.41) is 3.43. The Kier molecular flexibility index (Phi) is 5.25. The van der Waals surface area contributed by atoms with E-state index in [4.69, 9.17) is 0 Å². The minimum Gasteiger partial charge on any atom is -0.274 e. The summed E-state index contributed by atoms with van der Waals surface area (Å²) in [6.07, 6.45) is -4.35. The SMILES string of the molecule is Cn1c(C(F)(F)F)nn(C2CCN(S(=O)(=O)c3ccccc3Br)CC2)c1=O. The molecular weight excluding hydrogens is 453 g/mol. The highest BCUT2D eigenvalue weighted by atomic mass is 79.9. The van der Waals surface area contributed by atoms with Crippen molar-refractivity contribution >= 4 is 26.0 Å². The Morgan fingerprint density at radius 2 is 1.78 bits per heavy atom. The van der Waals surface area contributed by atoms with Gasteiger partial charge in [-0.1, -0.05) is 12.1 Å². The molecule has 0 radical (unpaired) electrons. The normalized spacial score (nSPS) is 17.4. The van der Waals surface area contributed by atoms with Crippen molar-refractivity contribution in [3.63, 3.8) is 0 Å². The molecule has 1 aliphatic heterocycles. The average Bonchev–Trinajstić information content (AvgIpc) is 2.91. The van der Waals surface area contributed by atoms with Crippen LogP contribution < -0.4 is 5.69 Å². The number of benzene rings is 1. The minimum absolute atomic E-state index is 0.0820. The standard InChI is InChI=1S/C15H16BrF3N4O3S/c1-21-13(15(17,18)19)20-23(14(21)24)10-6-8-22(9-7-10)27(25,26)12-5-3-2-4-11(12)16/h2-5,10H,6-9H2,1H3. The molecule has 2 heterocycles. The average molecular weight is 469 g/mol. The van der Waals surface area contributed by atoms with Crippen LogP contribution in [-0.4, -0.2) is 40.2 Å². The number of sulfonamides is 1. The highest BCUT2D eigenvalue weighted by Gasteiger charge is 2.39. The predicted octanol–water partition coefficient (Wildman–Crippen LogP) is 2.39. The van der Waals surface area contributed by atoms with Crippen molar-refractivity contribution in [2.45, 2.75) is 30.0 Å². The molecule has 27 heavy (non-hydrogen) atoms. The molecule has 0 atom stereocenters. The second-order valence-electron chi connectivity index (χ2n) is 6.17. The molecule has 0 spiro atoms. The molecule has 1 aromatic carbocycles. The Morgan fingerprint density at radius 1 is 1.19 bits per heavy atom. The van der Waals surface area contributed by atoms with E-state index < -0.39 is 33.8 Å². The molecule has 0 bridgehead atoms. The lowest BCUT2D eigenvalue weighted by molar-refractivity contribution is -0.147. The molecule has 2 aromatic rings. The molecule has 0 saturated carbocycles. The van der Waals surface area contributed by atoms with E-state index in [-0.39, 0.29) is 30.8 Å². The zero-order valence-corrected chi connectivity index (χ0v) is 16.6. The van der Waals surface area contributed by atoms with Crippen molar-refractivity contribution in [1.82, 2.24) is 18.7 Å². The van der Waals surface area contributed by atoms with Gasteiger partial charge in [0, 0.05) is 24.6 Å². The van der Waals surface area contributed by atoms with Crippen LogP contribution in [0, 0.1) is 0 Å². The first-order valence-corrected chi connectivity index (χ1v) is 10.2. The van der Waals surface area contributed by atoms with Crippen LogP contribution in [-0.2, 0) is 23.2 Å². The summed E-state index contributed by atoms with van der Waals surface area (Å²) >= 11 is 3.22. The third-order valence-corrected chi connectivity index (χ3v) is 7.39. The summed E-state index contributed by atoms with van der Waals surface area (Å²) in [6.45, 7) is 0.164. The molecule has 3 rings (SSSR count). The Bertz CT molecular complexity index is 1010. The first-order valence-electron chi connectivity index (χ1n) is 8.01. The number of halogens is 4. The highest BCUT2D eigenvalue weighted by Crippen LogP contribution is 2.31. The maximum Gasteiger partial charge on any atom is 0.451 e. The first-order chi connectivity index (χ1) is 12.5. The lowest BCUT2D eigenvalue weighted by Gasteiger charge is -2.31. The fourth-order valence-electron chi connectivity index (χ4n) is 3.06. The maximum absolute atomic E-state index is 12.9. The lowest BCUT2D eigenvalue weighted by atomic mass is 10.1. The molecule has 0 amide bonds.